The molecule has 0 heterocycles. The monoisotopic (exact) mass is 213 g/mol. The second-order valence-electron chi connectivity index (χ2n) is 2.96. The number of aryl methyl sites for hydroxylation is 1. The maximum atomic E-state index is 3.18. The molecular weight excluding hydrogens is 201 g/mol. The van der Waals surface area contributed by atoms with Gasteiger partial charge in [0.15, 0.2) is 0 Å². The van der Waals surface area contributed by atoms with Gasteiger partial charge in [0, 0.05) is 0 Å². The summed E-state index contributed by atoms with van der Waals surface area (Å²) >= 11 is 0. The van der Waals surface area contributed by atoms with Crippen LogP contribution in [-0.4, -0.2) is 0 Å². The van der Waals surface area contributed by atoms with Crippen molar-refractivity contribution < 1.29 is 25.0 Å². The molecule has 0 unspecified atom stereocenters. The van der Waals surface area contributed by atoms with Crippen molar-refractivity contribution in [2.24, 2.45) is 0 Å². The molecule has 0 aliphatic heterocycles. The van der Waals surface area contributed by atoms with Gasteiger partial charge in [0.2, 0.25) is 0 Å². The van der Waals surface area contributed by atoms with Gasteiger partial charge < -0.3 is 5.48 Å². The van der Waals surface area contributed by atoms with Crippen LogP contribution >= 0.6 is 0 Å². The molecule has 0 bridgehead atoms. The molecule has 62 valence electrons. The molecule has 0 radical (unpaired) electrons. The van der Waals surface area contributed by atoms with Crippen molar-refractivity contribution in [1.29, 1.82) is 0 Å². The zero-order valence-electron chi connectivity index (χ0n) is 7.92. The van der Waals surface area contributed by atoms with Gasteiger partial charge in [-0.2, -0.15) is 35.4 Å². The van der Waals surface area contributed by atoms with E-state index in [1.807, 2.05) is 0 Å². The standard InChI is InChI=1S/C10H13.O.Zn/c1-8(2)10-6-4-9(3)5-7-10;;/h4,6-8H,1-3H3;;/q-1;-2;+2. The van der Waals surface area contributed by atoms with Gasteiger partial charge in [-0.1, -0.05) is 26.7 Å². The van der Waals surface area contributed by atoms with Crippen LogP contribution in [-0.2, 0) is 25.0 Å². The molecule has 0 saturated heterocycles. The third kappa shape index (κ3) is 3.99. The first-order valence-corrected chi connectivity index (χ1v) is 3.68. The van der Waals surface area contributed by atoms with Crippen molar-refractivity contribution in [2.45, 2.75) is 26.7 Å². The minimum Gasteiger partial charge on any atom is -2.00 e. The Balaban J connectivity index is 0. The molecule has 1 aromatic rings. The zero-order chi connectivity index (χ0) is 7.56. The Labute approximate surface area is 87.3 Å². The van der Waals surface area contributed by atoms with Crippen LogP contribution in [0.5, 0.6) is 0 Å². The molecule has 12 heavy (non-hydrogen) atoms. The number of hydrogen-bond donors (Lipinski definition) is 0. The average molecular weight is 215 g/mol. The Hall–Kier alpha value is -0.197. The molecular formula is C10H13OZn-. The number of rotatable bonds is 1. The van der Waals surface area contributed by atoms with Crippen LogP contribution in [0, 0.1) is 13.0 Å². The summed E-state index contributed by atoms with van der Waals surface area (Å²) in [6, 6.07) is 9.52. The molecule has 1 aromatic carbocycles. The van der Waals surface area contributed by atoms with Crippen molar-refractivity contribution >= 4 is 0 Å². The van der Waals surface area contributed by atoms with Crippen molar-refractivity contribution in [2.75, 3.05) is 0 Å². The Kier molecular flexibility index (Phi) is 7.57. The predicted octanol–water partition coefficient (Wildman–Crippen LogP) is 2.80. The summed E-state index contributed by atoms with van der Waals surface area (Å²) in [5.74, 6) is 0.622. The summed E-state index contributed by atoms with van der Waals surface area (Å²) in [7, 11) is 0. The van der Waals surface area contributed by atoms with E-state index < -0.39 is 0 Å². The normalized spacial score (nSPS) is 8.67. The van der Waals surface area contributed by atoms with Crippen molar-refractivity contribution in [1.82, 2.24) is 0 Å². The van der Waals surface area contributed by atoms with Crippen LogP contribution in [0.3, 0.4) is 0 Å². The van der Waals surface area contributed by atoms with E-state index in [0.717, 1.165) is 0 Å². The number of hydrogen-bond acceptors (Lipinski definition) is 0. The molecule has 2 heteroatoms. The topological polar surface area (TPSA) is 28.5 Å². The quantitative estimate of drug-likeness (QED) is 0.508. The Bertz CT molecular complexity index is 204. The zero-order valence-corrected chi connectivity index (χ0v) is 10.9. The first-order chi connectivity index (χ1) is 4.70. The molecule has 0 saturated carbocycles. The number of benzene rings is 1. The van der Waals surface area contributed by atoms with Gasteiger partial charge in [0.1, 0.15) is 0 Å². The van der Waals surface area contributed by atoms with E-state index in [0.29, 0.717) is 5.92 Å². The second kappa shape index (κ2) is 6.33. The SMILES string of the molecule is Cc1[c-]cc(C(C)C)cc1.[O-2].[Zn+2]. The summed E-state index contributed by atoms with van der Waals surface area (Å²) in [5, 5.41) is 0. The Morgan fingerprint density at radius 1 is 1.25 bits per heavy atom. The van der Waals surface area contributed by atoms with Crippen LogP contribution in [0.2, 0.25) is 0 Å². The smallest absolute Gasteiger partial charge is 2.00 e. The molecule has 0 spiro atoms. The Morgan fingerprint density at radius 3 is 2.17 bits per heavy atom. The Morgan fingerprint density at radius 2 is 1.83 bits per heavy atom. The largest absolute Gasteiger partial charge is 2.00 e. The van der Waals surface area contributed by atoms with E-state index in [1.165, 1.54) is 11.1 Å². The van der Waals surface area contributed by atoms with E-state index in [4.69, 9.17) is 0 Å². The first kappa shape index (κ1) is 14.3. The molecule has 1 nitrogen and oxygen atoms in total. The van der Waals surface area contributed by atoms with Gasteiger partial charge in [0.05, 0.1) is 0 Å². The minimum atomic E-state index is 0. The van der Waals surface area contributed by atoms with E-state index in [9.17, 15) is 0 Å². The van der Waals surface area contributed by atoms with E-state index in [1.54, 1.807) is 0 Å². The molecule has 0 aliphatic rings. The van der Waals surface area contributed by atoms with Crippen LogP contribution < -0.4 is 0 Å². The van der Waals surface area contributed by atoms with Crippen LogP contribution in [0.25, 0.3) is 0 Å². The van der Waals surface area contributed by atoms with Gasteiger partial charge in [-0.05, 0) is 0 Å². The molecule has 0 aromatic heterocycles. The molecule has 0 aliphatic carbocycles. The van der Waals surface area contributed by atoms with Gasteiger partial charge in [-0.3, -0.25) is 0 Å². The summed E-state index contributed by atoms with van der Waals surface area (Å²) in [5.41, 5.74) is 2.58. The third-order valence-electron chi connectivity index (χ3n) is 1.66. The van der Waals surface area contributed by atoms with Gasteiger partial charge >= 0.3 is 19.5 Å². The van der Waals surface area contributed by atoms with E-state index in [2.05, 4.69) is 45.0 Å². The fraction of sp³-hybridized carbons (Fsp3) is 0.400. The maximum absolute atomic E-state index is 3.18. The fourth-order valence-corrected chi connectivity index (χ4v) is 0.874. The summed E-state index contributed by atoms with van der Waals surface area (Å²) < 4.78 is 0. The summed E-state index contributed by atoms with van der Waals surface area (Å²) in [4.78, 5) is 0. The molecule has 0 N–H and O–H groups in total. The summed E-state index contributed by atoms with van der Waals surface area (Å²) in [6.45, 7) is 6.45. The molecule has 0 atom stereocenters. The summed E-state index contributed by atoms with van der Waals surface area (Å²) in [6.07, 6.45) is 0. The molecule has 1 rings (SSSR count). The van der Waals surface area contributed by atoms with Gasteiger partial charge in [-0.15, -0.1) is 0 Å². The van der Waals surface area contributed by atoms with Crippen molar-refractivity contribution in [3.8, 4) is 0 Å². The average Bonchev–Trinajstić information content (AvgIpc) is 1.88. The first-order valence-electron chi connectivity index (χ1n) is 3.68. The van der Waals surface area contributed by atoms with E-state index in [-0.39, 0.29) is 25.0 Å². The fourth-order valence-electron chi connectivity index (χ4n) is 0.874. The van der Waals surface area contributed by atoms with Crippen LogP contribution in [0.4, 0.5) is 0 Å². The molecule has 0 amide bonds. The minimum absolute atomic E-state index is 0. The maximum Gasteiger partial charge on any atom is 2.00 e. The molecule has 0 fully saturated rings. The van der Waals surface area contributed by atoms with Crippen molar-refractivity contribution in [3.63, 3.8) is 0 Å². The van der Waals surface area contributed by atoms with E-state index >= 15 is 0 Å². The van der Waals surface area contributed by atoms with Crippen molar-refractivity contribution in [3.05, 3.63) is 35.4 Å². The predicted molar refractivity (Wildman–Crippen MR) is 44.8 cm³/mol. The van der Waals surface area contributed by atoms with Gasteiger partial charge in [-0.25, -0.2) is 0 Å². The van der Waals surface area contributed by atoms with Crippen LogP contribution in [0.15, 0.2) is 18.2 Å². The van der Waals surface area contributed by atoms with Gasteiger partial charge in [0.25, 0.3) is 0 Å². The second-order valence-corrected chi connectivity index (χ2v) is 2.96. The van der Waals surface area contributed by atoms with Crippen LogP contribution in [0.1, 0.15) is 30.9 Å². The third-order valence-corrected chi connectivity index (χ3v) is 1.66.